The molecule has 0 aromatic carbocycles. The third-order valence-corrected chi connectivity index (χ3v) is 2.66. The molecular weight excluding hydrogens is 266 g/mol. The predicted octanol–water partition coefficient (Wildman–Crippen LogP) is 3.23. The van der Waals surface area contributed by atoms with Crippen molar-refractivity contribution in [3.63, 3.8) is 0 Å². The second-order valence-electron chi connectivity index (χ2n) is 5.15. The summed E-state index contributed by atoms with van der Waals surface area (Å²) in [6.07, 6.45) is 0. The van der Waals surface area contributed by atoms with Crippen molar-refractivity contribution >= 4 is 17.6 Å². The Morgan fingerprint density at radius 3 is 2.58 bits per heavy atom. The Labute approximate surface area is 119 Å². The molecule has 0 atom stereocenters. The molecule has 0 saturated heterocycles. The topological polar surface area (TPSA) is 48.4 Å². The second kappa shape index (κ2) is 6.87. The maximum atomic E-state index is 11.9. The van der Waals surface area contributed by atoms with Crippen LogP contribution in [0.4, 0.5) is 0 Å². The number of hydrogen-bond acceptors (Lipinski definition) is 4. The van der Waals surface area contributed by atoms with E-state index in [2.05, 4.69) is 4.98 Å². The normalized spacial score (nSPS) is 11.4. The quantitative estimate of drug-likeness (QED) is 0.473. The van der Waals surface area contributed by atoms with E-state index in [1.165, 1.54) is 6.07 Å². The summed E-state index contributed by atoms with van der Waals surface area (Å²) in [6, 6.07) is 3.23. The molecule has 0 aliphatic carbocycles. The van der Waals surface area contributed by atoms with Gasteiger partial charge in [0.1, 0.15) is 11.8 Å². The molecule has 0 N–H and O–H groups in total. The molecule has 1 rings (SSSR count). The van der Waals surface area contributed by atoms with Gasteiger partial charge >= 0.3 is 5.97 Å². The molecule has 0 unspecified atom stereocenters. The summed E-state index contributed by atoms with van der Waals surface area (Å²) in [4.78, 5) is 16.1. The van der Waals surface area contributed by atoms with E-state index in [1.807, 2.05) is 27.7 Å². The zero-order valence-electron chi connectivity index (χ0n) is 11.8. The molecule has 0 saturated carbocycles. The van der Waals surface area contributed by atoms with Gasteiger partial charge in [-0.3, -0.25) is 0 Å². The fraction of sp³-hybridized carbons (Fsp3) is 0.571. The fourth-order valence-corrected chi connectivity index (χ4v) is 1.63. The summed E-state index contributed by atoms with van der Waals surface area (Å²) in [5.74, 6) is -0.408. The highest BCUT2D eigenvalue weighted by molar-refractivity contribution is 6.29. The molecule has 106 valence electrons. The van der Waals surface area contributed by atoms with Gasteiger partial charge in [-0.25, -0.2) is 9.78 Å². The van der Waals surface area contributed by atoms with E-state index in [0.717, 1.165) is 5.69 Å². The van der Waals surface area contributed by atoms with Crippen LogP contribution in [-0.2, 0) is 14.9 Å². The molecule has 0 fully saturated rings. The molecule has 0 aliphatic heterocycles. The molecular formula is C14H20ClNO3. The number of carbonyl (C=O) groups excluding carboxylic acids is 1. The number of pyridine rings is 1. The van der Waals surface area contributed by atoms with Crippen LogP contribution in [0.2, 0.25) is 5.15 Å². The molecule has 0 spiro atoms. The van der Waals surface area contributed by atoms with Gasteiger partial charge in [-0.1, -0.05) is 32.4 Å². The minimum atomic E-state index is -0.408. The number of nitrogens with zero attached hydrogens (tertiary/aromatic N) is 1. The first-order valence-corrected chi connectivity index (χ1v) is 6.65. The second-order valence-corrected chi connectivity index (χ2v) is 5.53. The standard InChI is InChI=1S/C14H20ClNO3/c1-5-18-6-7-19-13(17)10-8-11(14(2,3)4)16-12(15)9-10/h8-9H,5-7H2,1-4H3. The molecule has 0 aliphatic rings. The van der Waals surface area contributed by atoms with E-state index in [0.29, 0.717) is 23.9 Å². The van der Waals surface area contributed by atoms with Crippen LogP contribution < -0.4 is 0 Å². The Morgan fingerprint density at radius 1 is 1.32 bits per heavy atom. The Kier molecular flexibility index (Phi) is 5.76. The molecule has 0 radical (unpaired) electrons. The maximum absolute atomic E-state index is 11.9. The van der Waals surface area contributed by atoms with Crippen molar-refractivity contribution in [2.24, 2.45) is 0 Å². The first-order chi connectivity index (χ1) is 8.84. The molecule has 1 aromatic rings. The minimum Gasteiger partial charge on any atom is -0.460 e. The van der Waals surface area contributed by atoms with Crippen LogP contribution in [0.3, 0.4) is 0 Å². The average molecular weight is 286 g/mol. The Bertz CT molecular complexity index is 441. The largest absolute Gasteiger partial charge is 0.460 e. The summed E-state index contributed by atoms with van der Waals surface area (Å²) in [6.45, 7) is 9.15. The van der Waals surface area contributed by atoms with Gasteiger partial charge in [-0.05, 0) is 19.1 Å². The number of aromatic nitrogens is 1. The maximum Gasteiger partial charge on any atom is 0.338 e. The van der Waals surface area contributed by atoms with E-state index in [-0.39, 0.29) is 12.0 Å². The highest BCUT2D eigenvalue weighted by Crippen LogP contribution is 2.23. The molecule has 4 nitrogen and oxygen atoms in total. The summed E-state index contributed by atoms with van der Waals surface area (Å²) in [7, 11) is 0. The van der Waals surface area contributed by atoms with Crippen LogP contribution >= 0.6 is 11.6 Å². The molecule has 1 heterocycles. The van der Waals surface area contributed by atoms with Crippen molar-refractivity contribution in [3.8, 4) is 0 Å². The van der Waals surface area contributed by atoms with E-state index >= 15 is 0 Å². The van der Waals surface area contributed by atoms with Crippen molar-refractivity contribution < 1.29 is 14.3 Å². The van der Waals surface area contributed by atoms with Crippen molar-refractivity contribution in [2.45, 2.75) is 33.1 Å². The van der Waals surface area contributed by atoms with Gasteiger partial charge in [0.05, 0.1) is 12.2 Å². The molecule has 5 heteroatoms. The van der Waals surface area contributed by atoms with Crippen LogP contribution in [0, 0.1) is 0 Å². The van der Waals surface area contributed by atoms with E-state index in [9.17, 15) is 4.79 Å². The summed E-state index contributed by atoms with van der Waals surface area (Å²) < 4.78 is 10.2. The number of hydrogen-bond donors (Lipinski definition) is 0. The number of rotatable bonds is 5. The number of esters is 1. The summed E-state index contributed by atoms with van der Waals surface area (Å²) in [5.41, 5.74) is 1.00. The molecule has 1 aromatic heterocycles. The predicted molar refractivity (Wildman–Crippen MR) is 74.7 cm³/mol. The highest BCUT2D eigenvalue weighted by Gasteiger charge is 2.19. The van der Waals surface area contributed by atoms with Gasteiger partial charge in [0.25, 0.3) is 0 Å². The number of halogens is 1. The Hall–Kier alpha value is -1.13. The van der Waals surface area contributed by atoms with Crippen molar-refractivity contribution in [1.82, 2.24) is 4.98 Å². The SMILES string of the molecule is CCOCCOC(=O)c1cc(Cl)nc(C(C)(C)C)c1. The molecule has 0 bridgehead atoms. The van der Waals surface area contributed by atoms with E-state index in [1.54, 1.807) is 6.07 Å². The van der Waals surface area contributed by atoms with Gasteiger partial charge in [-0.15, -0.1) is 0 Å². The monoisotopic (exact) mass is 285 g/mol. The van der Waals surface area contributed by atoms with Crippen molar-refractivity contribution in [1.29, 1.82) is 0 Å². The lowest BCUT2D eigenvalue weighted by molar-refractivity contribution is 0.0335. The minimum absolute atomic E-state index is 0.175. The van der Waals surface area contributed by atoms with Crippen LogP contribution in [0.1, 0.15) is 43.7 Å². The van der Waals surface area contributed by atoms with Crippen LogP contribution in [0.25, 0.3) is 0 Å². The number of carbonyl (C=O) groups is 1. The van der Waals surface area contributed by atoms with Gasteiger partial charge in [-0.2, -0.15) is 0 Å². The summed E-state index contributed by atoms with van der Waals surface area (Å²) >= 11 is 5.94. The first-order valence-electron chi connectivity index (χ1n) is 6.27. The molecule has 0 amide bonds. The fourth-order valence-electron chi connectivity index (χ4n) is 1.42. The van der Waals surface area contributed by atoms with E-state index in [4.69, 9.17) is 21.1 Å². The van der Waals surface area contributed by atoms with Crippen LogP contribution in [0.5, 0.6) is 0 Å². The Morgan fingerprint density at radius 2 is 2.00 bits per heavy atom. The Balaban J connectivity index is 2.77. The first kappa shape index (κ1) is 15.9. The average Bonchev–Trinajstić information content (AvgIpc) is 2.32. The van der Waals surface area contributed by atoms with Crippen LogP contribution in [-0.4, -0.2) is 30.8 Å². The van der Waals surface area contributed by atoms with Gasteiger partial charge in [0.2, 0.25) is 0 Å². The van der Waals surface area contributed by atoms with Crippen molar-refractivity contribution in [2.75, 3.05) is 19.8 Å². The van der Waals surface area contributed by atoms with Crippen LogP contribution in [0.15, 0.2) is 12.1 Å². The third-order valence-electron chi connectivity index (χ3n) is 2.46. The van der Waals surface area contributed by atoms with Crippen molar-refractivity contribution in [3.05, 3.63) is 28.5 Å². The summed E-state index contributed by atoms with van der Waals surface area (Å²) in [5, 5.41) is 0.296. The van der Waals surface area contributed by atoms with E-state index < -0.39 is 5.97 Å². The van der Waals surface area contributed by atoms with Gasteiger partial charge in [0, 0.05) is 17.7 Å². The smallest absolute Gasteiger partial charge is 0.338 e. The number of ether oxygens (including phenoxy) is 2. The lowest BCUT2D eigenvalue weighted by Crippen LogP contribution is -2.16. The zero-order chi connectivity index (χ0) is 14.5. The lowest BCUT2D eigenvalue weighted by atomic mass is 9.91. The van der Waals surface area contributed by atoms with Gasteiger partial charge < -0.3 is 9.47 Å². The zero-order valence-corrected chi connectivity index (χ0v) is 12.6. The van der Waals surface area contributed by atoms with Gasteiger partial charge in [0.15, 0.2) is 0 Å². The third kappa shape index (κ3) is 5.17. The molecule has 19 heavy (non-hydrogen) atoms. The highest BCUT2D eigenvalue weighted by atomic mass is 35.5. The lowest BCUT2D eigenvalue weighted by Gasteiger charge is -2.18.